The lowest BCUT2D eigenvalue weighted by Gasteiger charge is -2.05. The molecule has 0 atom stereocenters. The molecular formula is C16H13NOS. The second-order valence-electron chi connectivity index (χ2n) is 4.33. The lowest BCUT2D eigenvalue weighted by molar-refractivity contribution is 1.27. The third kappa shape index (κ3) is 2.29. The van der Waals surface area contributed by atoms with E-state index in [1.165, 1.54) is 4.90 Å². The molecule has 94 valence electrons. The molecule has 0 radical (unpaired) electrons. The van der Waals surface area contributed by atoms with Crippen LogP contribution in [0.3, 0.4) is 0 Å². The summed E-state index contributed by atoms with van der Waals surface area (Å²) in [6, 6.07) is 17.8. The predicted molar refractivity (Wildman–Crippen MR) is 81.8 cm³/mol. The Morgan fingerprint density at radius 1 is 1.00 bits per heavy atom. The minimum atomic E-state index is -0.0398. The number of H-pyrrole nitrogens is 1. The number of aromatic amines is 1. The maximum absolute atomic E-state index is 12.0. The van der Waals surface area contributed by atoms with Crippen LogP contribution in [0.4, 0.5) is 0 Å². The largest absolute Gasteiger partial charge is 0.321 e. The van der Waals surface area contributed by atoms with Crippen molar-refractivity contribution in [2.45, 2.75) is 4.90 Å². The van der Waals surface area contributed by atoms with E-state index in [9.17, 15) is 4.79 Å². The highest BCUT2D eigenvalue weighted by Gasteiger charge is 2.03. The van der Waals surface area contributed by atoms with E-state index in [2.05, 4.69) is 17.1 Å². The Kier molecular flexibility index (Phi) is 3.13. The molecule has 0 saturated heterocycles. The summed E-state index contributed by atoms with van der Waals surface area (Å²) in [6.45, 7) is 0. The fraction of sp³-hybridized carbons (Fsp3) is 0.0625. The molecule has 0 unspecified atom stereocenters. The van der Waals surface area contributed by atoms with Crippen molar-refractivity contribution in [3.05, 3.63) is 65.0 Å². The van der Waals surface area contributed by atoms with Crippen molar-refractivity contribution in [3.8, 4) is 11.3 Å². The van der Waals surface area contributed by atoms with Crippen molar-refractivity contribution >= 4 is 22.5 Å². The minimum Gasteiger partial charge on any atom is -0.321 e. The van der Waals surface area contributed by atoms with Gasteiger partial charge in [-0.2, -0.15) is 0 Å². The van der Waals surface area contributed by atoms with E-state index < -0.39 is 0 Å². The molecule has 0 aliphatic carbocycles. The second kappa shape index (κ2) is 4.94. The molecule has 2 nitrogen and oxygen atoms in total. The monoisotopic (exact) mass is 267 g/mol. The fourth-order valence-corrected chi connectivity index (χ4v) is 2.55. The molecule has 0 aliphatic rings. The van der Waals surface area contributed by atoms with Crippen LogP contribution in [0.5, 0.6) is 0 Å². The molecule has 1 heterocycles. The first-order chi connectivity index (χ1) is 9.28. The number of fused-ring (bicyclic) bond motifs is 1. The number of nitrogens with one attached hydrogen (secondary N) is 1. The molecule has 0 amide bonds. The Hall–Kier alpha value is -2.00. The molecule has 0 aliphatic heterocycles. The number of thioether (sulfide) groups is 1. The smallest absolute Gasteiger partial charge is 0.256 e. The highest BCUT2D eigenvalue weighted by atomic mass is 32.2. The van der Waals surface area contributed by atoms with Gasteiger partial charge in [0, 0.05) is 16.0 Å². The molecule has 1 N–H and O–H groups in total. The number of pyridine rings is 1. The zero-order valence-corrected chi connectivity index (χ0v) is 11.3. The molecule has 3 aromatic rings. The molecule has 1 aromatic heterocycles. The average molecular weight is 267 g/mol. The van der Waals surface area contributed by atoms with Crippen molar-refractivity contribution in [1.82, 2.24) is 4.98 Å². The zero-order chi connectivity index (χ0) is 13.2. The topological polar surface area (TPSA) is 32.9 Å². The standard InChI is InChI=1S/C16H13NOS/c1-19-13-8-6-11(7-9-13)15-10-12-4-2-3-5-14(12)16(18)17-15/h2-10H,1H3,(H,17,18). The van der Waals surface area contributed by atoms with E-state index >= 15 is 0 Å². The van der Waals surface area contributed by atoms with E-state index in [0.29, 0.717) is 0 Å². The van der Waals surface area contributed by atoms with Gasteiger partial charge >= 0.3 is 0 Å². The van der Waals surface area contributed by atoms with Crippen molar-refractivity contribution in [1.29, 1.82) is 0 Å². The summed E-state index contributed by atoms with van der Waals surface area (Å²) in [5.41, 5.74) is 1.85. The van der Waals surface area contributed by atoms with E-state index in [1.54, 1.807) is 11.8 Å². The van der Waals surface area contributed by atoms with E-state index in [4.69, 9.17) is 0 Å². The number of hydrogen-bond donors (Lipinski definition) is 1. The third-order valence-electron chi connectivity index (χ3n) is 3.15. The van der Waals surface area contributed by atoms with Crippen LogP contribution in [-0.2, 0) is 0 Å². The van der Waals surface area contributed by atoms with Gasteiger partial charge in [-0.15, -0.1) is 11.8 Å². The van der Waals surface area contributed by atoms with Crippen LogP contribution < -0.4 is 5.56 Å². The lowest BCUT2D eigenvalue weighted by atomic mass is 10.1. The summed E-state index contributed by atoms with van der Waals surface area (Å²) in [6.07, 6.45) is 2.05. The first-order valence-electron chi connectivity index (χ1n) is 6.04. The Morgan fingerprint density at radius 3 is 2.47 bits per heavy atom. The lowest BCUT2D eigenvalue weighted by Crippen LogP contribution is -2.06. The molecule has 0 saturated carbocycles. The molecular weight excluding hydrogens is 254 g/mol. The van der Waals surface area contributed by atoms with Gasteiger partial charge in [0.2, 0.25) is 0 Å². The zero-order valence-electron chi connectivity index (χ0n) is 10.5. The van der Waals surface area contributed by atoms with Crippen LogP contribution >= 0.6 is 11.8 Å². The van der Waals surface area contributed by atoms with Gasteiger partial charge < -0.3 is 4.98 Å². The van der Waals surface area contributed by atoms with Gasteiger partial charge in [-0.25, -0.2) is 0 Å². The maximum Gasteiger partial charge on any atom is 0.256 e. The van der Waals surface area contributed by atoms with Gasteiger partial charge in [0.25, 0.3) is 5.56 Å². The van der Waals surface area contributed by atoms with Gasteiger partial charge in [0.1, 0.15) is 0 Å². The van der Waals surface area contributed by atoms with Crippen molar-refractivity contribution in [2.24, 2.45) is 0 Å². The molecule has 0 bridgehead atoms. The highest BCUT2D eigenvalue weighted by molar-refractivity contribution is 7.98. The Labute approximate surface area is 115 Å². The predicted octanol–water partition coefficient (Wildman–Crippen LogP) is 3.92. The van der Waals surface area contributed by atoms with Gasteiger partial charge in [0.15, 0.2) is 0 Å². The summed E-state index contributed by atoms with van der Waals surface area (Å²) in [5.74, 6) is 0. The molecule has 0 fully saturated rings. The van der Waals surface area contributed by atoms with E-state index in [0.717, 1.165) is 22.0 Å². The third-order valence-corrected chi connectivity index (χ3v) is 3.90. The van der Waals surface area contributed by atoms with Crippen LogP contribution in [0.1, 0.15) is 0 Å². The van der Waals surface area contributed by atoms with Crippen LogP contribution in [0.2, 0.25) is 0 Å². The van der Waals surface area contributed by atoms with Crippen molar-refractivity contribution in [3.63, 3.8) is 0 Å². The minimum absolute atomic E-state index is 0.0398. The van der Waals surface area contributed by atoms with Crippen molar-refractivity contribution < 1.29 is 0 Å². The fourth-order valence-electron chi connectivity index (χ4n) is 2.14. The number of rotatable bonds is 2. The normalized spacial score (nSPS) is 10.8. The number of hydrogen-bond acceptors (Lipinski definition) is 2. The van der Waals surface area contributed by atoms with Crippen LogP contribution in [0, 0.1) is 0 Å². The van der Waals surface area contributed by atoms with Crippen LogP contribution in [0.25, 0.3) is 22.0 Å². The molecule has 2 aromatic carbocycles. The number of aromatic nitrogens is 1. The Balaban J connectivity index is 2.16. The maximum atomic E-state index is 12.0. The quantitative estimate of drug-likeness (QED) is 0.714. The summed E-state index contributed by atoms with van der Waals surface area (Å²) in [5, 5.41) is 1.70. The van der Waals surface area contributed by atoms with Gasteiger partial charge in [0.05, 0.1) is 0 Å². The summed E-state index contributed by atoms with van der Waals surface area (Å²) in [7, 11) is 0. The van der Waals surface area contributed by atoms with Gasteiger partial charge in [-0.3, -0.25) is 4.79 Å². The molecule has 3 rings (SSSR count). The van der Waals surface area contributed by atoms with E-state index in [-0.39, 0.29) is 5.56 Å². The van der Waals surface area contributed by atoms with Gasteiger partial charge in [-0.1, -0.05) is 30.3 Å². The Morgan fingerprint density at radius 2 is 1.74 bits per heavy atom. The summed E-state index contributed by atoms with van der Waals surface area (Å²) >= 11 is 1.71. The van der Waals surface area contributed by atoms with Crippen LogP contribution in [0.15, 0.2) is 64.3 Å². The molecule has 0 spiro atoms. The average Bonchev–Trinajstić information content (AvgIpc) is 2.47. The second-order valence-corrected chi connectivity index (χ2v) is 5.21. The van der Waals surface area contributed by atoms with Gasteiger partial charge in [-0.05, 0) is 41.5 Å². The molecule has 3 heteroatoms. The highest BCUT2D eigenvalue weighted by Crippen LogP contribution is 2.22. The first-order valence-corrected chi connectivity index (χ1v) is 7.27. The summed E-state index contributed by atoms with van der Waals surface area (Å²) < 4.78 is 0. The summed E-state index contributed by atoms with van der Waals surface area (Å²) in [4.78, 5) is 16.2. The SMILES string of the molecule is CSc1ccc(-c2cc3ccccc3c(=O)[nH]2)cc1. The van der Waals surface area contributed by atoms with Crippen molar-refractivity contribution in [2.75, 3.05) is 6.26 Å². The first kappa shape index (κ1) is 12.1. The number of benzene rings is 2. The van der Waals surface area contributed by atoms with E-state index in [1.807, 2.05) is 48.7 Å². The van der Waals surface area contributed by atoms with Crippen LogP contribution in [-0.4, -0.2) is 11.2 Å². The molecule has 19 heavy (non-hydrogen) atoms. The Bertz CT molecular complexity index is 775.